The second-order valence-corrected chi connectivity index (χ2v) is 8.32. The number of nitrogens with one attached hydrogen (secondary N) is 1. The van der Waals surface area contributed by atoms with Gasteiger partial charge in [-0.05, 0) is 54.1 Å². The Balaban J connectivity index is 1.67. The van der Waals surface area contributed by atoms with Gasteiger partial charge >= 0.3 is 0 Å². The van der Waals surface area contributed by atoms with E-state index in [-0.39, 0.29) is 23.6 Å². The van der Waals surface area contributed by atoms with Crippen molar-refractivity contribution in [1.29, 1.82) is 0 Å². The van der Waals surface area contributed by atoms with Crippen LogP contribution in [0, 0.1) is 0 Å². The van der Waals surface area contributed by atoms with Crippen LogP contribution >= 0.6 is 0 Å². The maximum atomic E-state index is 13.8. The Hall–Kier alpha value is -3.93. The molecule has 0 aliphatic heterocycles. The molecule has 4 aromatic rings. The number of carbonyl (C=O) groups is 2. The first kappa shape index (κ1) is 20.9. The van der Waals surface area contributed by atoms with Crippen molar-refractivity contribution in [3.63, 3.8) is 0 Å². The molecule has 2 amide bonds. The zero-order valence-electron chi connectivity index (χ0n) is 18.2. The van der Waals surface area contributed by atoms with E-state index in [9.17, 15) is 9.59 Å². The second kappa shape index (κ2) is 9.28. The van der Waals surface area contributed by atoms with Crippen LogP contribution in [-0.2, 0) is 4.79 Å². The topological polar surface area (TPSA) is 75.4 Å². The molecule has 1 aliphatic rings. The number of carbonyl (C=O) groups excluding carboxylic acids is 2. The van der Waals surface area contributed by atoms with Gasteiger partial charge in [-0.3, -0.25) is 19.5 Å². The Labute approximate surface area is 192 Å². The molecule has 1 unspecified atom stereocenters. The van der Waals surface area contributed by atoms with Gasteiger partial charge in [-0.25, -0.2) is 0 Å². The Morgan fingerprint density at radius 2 is 1.70 bits per heavy atom. The number of hydrogen-bond acceptors (Lipinski definition) is 4. The minimum absolute atomic E-state index is 0.120. The number of nitrogens with zero attached hydrogens (tertiary/aromatic N) is 2. The van der Waals surface area contributed by atoms with E-state index < -0.39 is 6.04 Å². The first-order chi connectivity index (χ1) is 16.2. The maximum Gasteiger partial charge on any atom is 0.294 e. The van der Waals surface area contributed by atoms with Crippen molar-refractivity contribution >= 4 is 28.3 Å². The van der Waals surface area contributed by atoms with E-state index in [0.29, 0.717) is 11.3 Å². The third-order valence-corrected chi connectivity index (χ3v) is 6.21. The molecule has 166 valence electrons. The Morgan fingerprint density at radius 3 is 2.45 bits per heavy atom. The van der Waals surface area contributed by atoms with E-state index in [1.807, 2.05) is 42.5 Å². The van der Waals surface area contributed by atoms with Crippen molar-refractivity contribution in [2.75, 3.05) is 4.90 Å². The molecular weight excluding hydrogens is 414 g/mol. The molecule has 0 bridgehead atoms. The summed E-state index contributed by atoms with van der Waals surface area (Å²) < 4.78 is 5.47. The van der Waals surface area contributed by atoms with Crippen LogP contribution in [0.1, 0.15) is 47.8 Å². The van der Waals surface area contributed by atoms with E-state index in [1.54, 1.807) is 41.6 Å². The summed E-state index contributed by atoms with van der Waals surface area (Å²) in [5, 5.41) is 5.06. The van der Waals surface area contributed by atoms with E-state index in [2.05, 4.69) is 10.3 Å². The van der Waals surface area contributed by atoms with Crippen LogP contribution in [0.2, 0.25) is 0 Å². The fraction of sp³-hybridized carbons (Fsp3) is 0.222. The maximum absolute atomic E-state index is 13.8. The molecule has 2 aromatic heterocycles. The lowest BCUT2D eigenvalue weighted by Gasteiger charge is -2.32. The smallest absolute Gasteiger partial charge is 0.294 e. The van der Waals surface area contributed by atoms with Crippen LogP contribution in [-0.4, -0.2) is 22.8 Å². The minimum Gasteiger partial charge on any atom is -0.459 e. The molecule has 0 radical (unpaired) electrons. The van der Waals surface area contributed by atoms with Crippen LogP contribution in [0.4, 0.5) is 5.69 Å². The molecule has 33 heavy (non-hydrogen) atoms. The number of pyridine rings is 1. The molecular formula is C27H25N3O3. The van der Waals surface area contributed by atoms with Gasteiger partial charge in [-0.15, -0.1) is 0 Å². The number of fused-ring (bicyclic) bond motifs is 1. The fourth-order valence-electron chi connectivity index (χ4n) is 4.62. The molecule has 1 N–H and O–H groups in total. The van der Waals surface area contributed by atoms with Crippen molar-refractivity contribution in [3.8, 4) is 0 Å². The van der Waals surface area contributed by atoms with Gasteiger partial charge in [0.2, 0.25) is 5.91 Å². The van der Waals surface area contributed by atoms with Gasteiger partial charge in [-0.2, -0.15) is 0 Å². The molecule has 5 rings (SSSR count). The number of hydrogen-bond donors (Lipinski definition) is 1. The van der Waals surface area contributed by atoms with Crippen LogP contribution in [0.15, 0.2) is 89.8 Å². The lowest BCUT2D eigenvalue weighted by atomic mass is 10.0. The molecule has 0 spiro atoms. The Bertz CT molecular complexity index is 1240. The molecule has 1 saturated carbocycles. The van der Waals surface area contributed by atoms with Gasteiger partial charge in [0.05, 0.1) is 12.0 Å². The largest absolute Gasteiger partial charge is 0.459 e. The monoisotopic (exact) mass is 439 g/mol. The highest BCUT2D eigenvalue weighted by molar-refractivity contribution is 6.13. The Kier molecular flexibility index (Phi) is 5.89. The number of furan rings is 1. The Morgan fingerprint density at radius 1 is 0.939 bits per heavy atom. The van der Waals surface area contributed by atoms with Gasteiger partial charge < -0.3 is 9.73 Å². The summed E-state index contributed by atoms with van der Waals surface area (Å²) in [6.45, 7) is 0. The predicted octanol–water partition coefficient (Wildman–Crippen LogP) is 5.27. The number of rotatable bonds is 6. The van der Waals surface area contributed by atoms with Crippen molar-refractivity contribution in [3.05, 3.63) is 96.7 Å². The van der Waals surface area contributed by atoms with Crippen molar-refractivity contribution < 1.29 is 14.0 Å². The summed E-state index contributed by atoms with van der Waals surface area (Å²) >= 11 is 0. The van der Waals surface area contributed by atoms with Gasteiger partial charge in [0, 0.05) is 23.8 Å². The first-order valence-corrected chi connectivity index (χ1v) is 11.3. The number of benzene rings is 2. The third kappa shape index (κ3) is 4.24. The first-order valence-electron chi connectivity index (χ1n) is 11.3. The molecule has 6 heteroatoms. The summed E-state index contributed by atoms with van der Waals surface area (Å²) in [5.74, 6) is -0.406. The average Bonchev–Trinajstić information content (AvgIpc) is 3.57. The van der Waals surface area contributed by atoms with Crippen LogP contribution in [0.25, 0.3) is 10.8 Å². The van der Waals surface area contributed by atoms with Gasteiger partial charge in [-0.1, -0.05) is 49.2 Å². The third-order valence-electron chi connectivity index (χ3n) is 6.21. The molecule has 0 saturated heterocycles. The summed E-state index contributed by atoms with van der Waals surface area (Å²) in [5.41, 5.74) is 1.34. The SMILES string of the molecule is O=C(NC1CCCC1)C(c1ccncc1)N(C(=O)c1ccco1)c1cccc2ccccc12. The standard InChI is InChI=1S/C27H25N3O3/c31-26(29-21-9-2-3-10-21)25(20-14-16-28-17-15-20)30(27(32)24-13-6-18-33-24)23-12-5-8-19-7-1-4-11-22(19)23/h1,4-8,11-18,21,25H,2-3,9-10H2,(H,29,31). The van der Waals surface area contributed by atoms with E-state index in [4.69, 9.17) is 4.42 Å². The van der Waals surface area contributed by atoms with Crippen LogP contribution in [0.3, 0.4) is 0 Å². The highest BCUT2D eigenvalue weighted by Crippen LogP contribution is 2.35. The van der Waals surface area contributed by atoms with Crippen LogP contribution in [0.5, 0.6) is 0 Å². The minimum atomic E-state index is -0.878. The summed E-state index contributed by atoms with van der Waals surface area (Å²) in [7, 11) is 0. The predicted molar refractivity (Wildman–Crippen MR) is 127 cm³/mol. The molecule has 2 aromatic carbocycles. The van der Waals surface area contributed by atoms with Crippen molar-refractivity contribution in [2.45, 2.75) is 37.8 Å². The lowest BCUT2D eigenvalue weighted by molar-refractivity contribution is -0.123. The number of aromatic nitrogens is 1. The zero-order valence-corrected chi connectivity index (χ0v) is 18.2. The van der Waals surface area contributed by atoms with Crippen molar-refractivity contribution in [2.24, 2.45) is 0 Å². The van der Waals surface area contributed by atoms with E-state index >= 15 is 0 Å². The number of anilines is 1. The quantitative estimate of drug-likeness (QED) is 0.444. The molecule has 1 fully saturated rings. The molecule has 2 heterocycles. The molecule has 1 atom stereocenters. The fourth-order valence-corrected chi connectivity index (χ4v) is 4.62. The normalized spacial score (nSPS) is 14.8. The molecule has 6 nitrogen and oxygen atoms in total. The summed E-state index contributed by atoms with van der Waals surface area (Å²) in [6, 6.07) is 19.7. The van der Waals surface area contributed by atoms with E-state index in [1.165, 1.54) is 6.26 Å². The van der Waals surface area contributed by atoms with Gasteiger partial charge in [0.1, 0.15) is 6.04 Å². The van der Waals surface area contributed by atoms with E-state index in [0.717, 1.165) is 36.5 Å². The van der Waals surface area contributed by atoms with Gasteiger partial charge in [0.15, 0.2) is 5.76 Å². The van der Waals surface area contributed by atoms with Gasteiger partial charge in [0.25, 0.3) is 5.91 Å². The zero-order chi connectivity index (χ0) is 22.6. The van der Waals surface area contributed by atoms with Crippen LogP contribution < -0.4 is 10.2 Å². The van der Waals surface area contributed by atoms with Crippen molar-refractivity contribution in [1.82, 2.24) is 10.3 Å². The highest BCUT2D eigenvalue weighted by Gasteiger charge is 2.36. The second-order valence-electron chi connectivity index (χ2n) is 8.32. The summed E-state index contributed by atoms with van der Waals surface area (Å²) in [4.78, 5) is 33.3. The molecule has 1 aliphatic carbocycles. The summed E-state index contributed by atoms with van der Waals surface area (Å²) in [6.07, 6.45) is 8.86. The lowest BCUT2D eigenvalue weighted by Crippen LogP contribution is -2.46. The average molecular weight is 440 g/mol. The number of amides is 2. The highest BCUT2D eigenvalue weighted by atomic mass is 16.3.